The van der Waals surface area contributed by atoms with Crippen LogP contribution in [0.3, 0.4) is 0 Å². The van der Waals surface area contributed by atoms with E-state index in [-0.39, 0.29) is 5.60 Å². The highest BCUT2D eigenvalue weighted by Gasteiger charge is 2.28. The maximum absolute atomic E-state index is 5.73. The molecule has 0 radical (unpaired) electrons. The fraction of sp³-hybridized carbons (Fsp3) is 0.600. The molecule has 1 aliphatic heterocycles. The van der Waals surface area contributed by atoms with Gasteiger partial charge in [0.05, 0.1) is 12.2 Å². The van der Waals surface area contributed by atoms with E-state index in [1.165, 1.54) is 0 Å². The molecule has 0 spiro atoms. The number of hydrogen-bond acceptors (Lipinski definition) is 3. The normalized spacial score (nSPS) is 22.5. The van der Waals surface area contributed by atoms with E-state index in [2.05, 4.69) is 31.3 Å². The summed E-state index contributed by atoms with van der Waals surface area (Å²) in [6, 6.07) is 8.64. The van der Waals surface area contributed by atoms with Gasteiger partial charge < -0.3 is 14.8 Å². The largest absolute Gasteiger partial charge is 0.494 e. The topological polar surface area (TPSA) is 30.5 Å². The molecule has 0 aromatic heterocycles. The lowest BCUT2D eigenvalue weighted by Gasteiger charge is -2.36. The number of ether oxygens (including phenoxy) is 2. The molecule has 100 valence electrons. The Kier molecular flexibility index (Phi) is 4.12. The van der Waals surface area contributed by atoms with Crippen molar-refractivity contribution in [1.82, 2.24) is 0 Å². The standard InChI is InChI=1S/C15H23NO2/c1-4-17-14-7-5-6-12(10-14)16-13-8-9-18-15(2,3)11-13/h5-7,10,13,16H,4,8-9,11H2,1-3H3. The van der Waals surface area contributed by atoms with E-state index in [1.807, 2.05) is 19.1 Å². The predicted molar refractivity (Wildman–Crippen MR) is 74.3 cm³/mol. The van der Waals surface area contributed by atoms with Crippen molar-refractivity contribution in [3.8, 4) is 5.75 Å². The molecule has 0 bridgehead atoms. The third-order valence-corrected chi connectivity index (χ3v) is 3.21. The number of hydrogen-bond donors (Lipinski definition) is 1. The average Bonchev–Trinajstić information content (AvgIpc) is 2.28. The summed E-state index contributed by atoms with van der Waals surface area (Å²) in [5.41, 5.74) is 1.11. The van der Waals surface area contributed by atoms with Crippen LogP contribution in [0.1, 0.15) is 33.6 Å². The zero-order valence-electron chi connectivity index (χ0n) is 11.5. The Morgan fingerprint density at radius 3 is 3.00 bits per heavy atom. The van der Waals surface area contributed by atoms with E-state index in [1.54, 1.807) is 0 Å². The van der Waals surface area contributed by atoms with Crippen LogP contribution in [0.5, 0.6) is 5.75 Å². The van der Waals surface area contributed by atoms with E-state index in [4.69, 9.17) is 9.47 Å². The molecular formula is C15H23NO2. The zero-order chi connectivity index (χ0) is 13.0. The summed E-state index contributed by atoms with van der Waals surface area (Å²) in [6.45, 7) is 7.83. The van der Waals surface area contributed by atoms with Gasteiger partial charge in [0, 0.05) is 24.4 Å². The van der Waals surface area contributed by atoms with Gasteiger partial charge in [-0.1, -0.05) is 6.07 Å². The Bertz CT molecular complexity index is 390. The Hall–Kier alpha value is -1.22. The van der Waals surface area contributed by atoms with Gasteiger partial charge in [-0.2, -0.15) is 0 Å². The molecule has 2 rings (SSSR count). The molecule has 1 aromatic carbocycles. The molecule has 1 aromatic rings. The van der Waals surface area contributed by atoms with Crippen LogP contribution in [0, 0.1) is 0 Å². The minimum absolute atomic E-state index is 0.0204. The number of nitrogens with one attached hydrogen (secondary N) is 1. The van der Waals surface area contributed by atoms with Crippen molar-refractivity contribution in [1.29, 1.82) is 0 Å². The van der Waals surface area contributed by atoms with Crippen molar-refractivity contribution < 1.29 is 9.47 Å². The molecule has 1 saturated heterocycles. The smallest absolute Gasteiger partial charge is 0.121 e. The van der Waals surface area contributed by atoms with Crippen molar-refractivity contribution in [2.75, 3.05) is 18.5 Å². The predicted octanol–water partition coefficient (Wildman–Crippen LogP) is 3.45. The van der Waals surface area contributed by atoms with E-state index in [0.717, 1.165) is 30.9 Å². The Labute approximate surface area is 109 Å². The van der Waals surface area contributed by atoms with Gasteiger partial charge in [0.25, 0.3) is 0 Å². The first-order valence-corrected chi connectivity index (χ1v) is 6.72. The van der Waals surface area contributed by atoms with Crippen LogP contribution in [-0.4, -0.2) is 24.9 Å². The van der Waals surface area contributed by atoms with E-state index >= 15 is 0 Å². The SMILES string of the molecule is CCOc1cccc(NC2CCOC(C)(C)C2)c1. The average molecular weight is 249 g/mol. The summed E-state index contributed by atoms with van der Waals surface area (Å²) in [4.78, 5) is 0. The molecule has 1 unspecified atom stereocenters. The van der Waals surface area contributed by atoms with Crippen LogP contribution in [-0.2, 0) is 4.74 Å². The van der Waals surface area contributed by atoms with Gasteiger partial charge in [-0.15, -0.1) is 0 Å². The number of rotatable bonds is 4. The van der Waals surface area contributed by atoms with Crippen LogP contribution in [0.25, 0.3) is 0 Å². The first-order valence-electron chi connectivity index (χ1n) is 6.72. The van der Waals surface area contributed by atoms with Gasteiger partial charge in [0.2, 0.25) is 0 Å². The van der Waals surface area contributed by atoms with Crippen molar-refractivity contribution in [2.24, 2.45) is 0 Å². The maximum Gasteiger partial charge on any atom is 0.121 e. The van der Waals surface area contributed by atoms with Crippen LogP contribution < -0.4 is 10.1 Å². The molecule has 3 nitrogen and oxygen atoms in total. The zero-order valence-corrected chi connectivity index (χ0v) is 11.5. The van der Waals surface area contributed by atoms with Crippen molar-refractivity contribution >= 4 is 5.69 Å². The second kappa shape index (κ2) is 5.61. The highest BCUT2D eigenvalue weighted by molar-refractivity contribution is 5.49. The van der Waals surface area contributed by atoms with Crippen molar-refractivity contribution in [3.05, 3.63) is 24.3 Å². The number of benzene rings is 1. The second-order valence-corrected chi connectivity index (χ2v) is 5.40. The van der Waals surface area contributed by atoms with Crippen LogP contribution in [0.15, 0.2) is 24.3 Å². The maximum atomic E-state index is 5.73. The molecule has 1 aliphatic rings. The molecule has 3 heteroatoms. The highest BCUT2D eigenvalue weighted by Crippen LogP contribution is 2.27. The molecular weight excluding hydrogens is 226 g/mol. The molecule has 1 fully saturated rings. The van der Waals surface area contributed by atoms with Crippen LogP contribution in [0.4, 0.5) is 5.69 Å². The minimum atomic E-state index is -0.0204. The minimum Gasteiger partial charge on any atom is -0.494 e. The lowest BCUT2D eigenvalue weighted by atomic mass is 9.94. The molecule has 18 heavy (non-hydrogen) atoms. The Balaban J connectivity index is 1.98. The van der Waals surface area contributed by atoms with Gasteiger partial charge in [-0.25, -0.2) is 0 Å². The fourth-order valence-electron chi connectivity index (χ4n) is 2.43. The summed E-state index contributed by atoms with van der Waals surface area (Å²) in [7, 11) is 0. The molecule has 1 N–H and O–H groups in total. The van der Waals surface area contributed by atoms with Gasteiger partial charge in [-0.3, -0.25) is 0 Å². The highest BCUT2D eigenvalue weighted by atomic mass is 16.5. The van der Waals surface area contributed by atoms with Gasteiger partial charge in [0.1, 0.15) is 5.75 Å². The Morgan fingerprint density at radius 2 is 2.28 bits per heavy atom. The fourth-order valence-corrected chi connectivity index (χ4v) is 2.43. The third-order valence-electron chi connectivity index (χ3n) is 3.21. The van der Waals surface area contributed by atoms with Crippen molar-refractivity contribution in [2.45, 2.75) is 45.3 Å². The Morgan fingerprint density at radius 1 is 1.44 bits per heavy atom. The van der Waals surface area contributed by atoms with Crippen molar-refractivity contribution in [3.63, 3.8) is 0 Å². The summed E-state index contributed by atoms with van der Waals surface area (Å²) in [5.74, 6) is 0.925. The first kappa shape index (κ1) is 13.2. The summed E-state index contributed by atoms with van der Waals surface area (Å²) >= 11 is 0. The third kappa shape index (κ3) is 3.64. The molecule has 1 atom stereocenters. The van der Waals surface area contributed by atoms with Crippen LogP contribution in [0.2, 0.25) is 0 Å². The lowest BCUT2D eigenvalue weighted by Crippen LogP contribution is -2.40. The van der Waals surface area contributed by atoms with E-state index in [9.17, 15) is 0 Å². The lowest BCUT2D eigenvalue weighted by molar-refractivity contribution is -0.0553. The summed E-state index contributed by atoms with van der Waals surface area (Å²) < 4.78 is 11.2. The van der Waals surface area contributed by atoms with Gasteiger partial charge in [0.15, 0.2) is 0 Å². The molecule has 1 heterocycles. The quantitative estimate of drug-likeness (QED) is 0.886. The van der Waals surface area contributed by atoms with E-state index < -0.39 is 0 Å². The van der Waals surface area contributed by atoms with E-state index in [0.29, 0.717) is 12.6 Å². The number of anilines is 1. The monoisotopic (exact) mass is 249 g/mol. The van der Waals surface area contributed by atoms with Crippen LogP contribution >= 0.6 is 0 Å². The summed E-state index contributed by atoms with van der Waals surface area (Å²) in [6.07, 6.45) is 2.09. The molecule has 0 amide bonds. The first-order chi connectivity index (χ1) is 8.59. The van der Waals surface area contributed by atoms with Gasteiger partial charge in [-0.05, 0) is 45.7 Å². The summed E-state index contributed by atoms with van der Waals surface area (Å²) in [5, 5.41) is 3.58. The molecule has 0 aliphatic carbocycles. The second-order valence-electron chi connectivity index (χ2n) is 5.40. The molecule has 0 saturated carbocycles. The van der Waals surface area contributed by atoms with Gasteiger partial charge >= 0.3 is 0 Å².